The molecule has 372 valence electrons. The van der Waals surface area contributed by atoms with Gasteiger partial charge in [0, 0.05) is 99.1 Å². The molecule has 0 aliphatic heterocycles. The number of aromatic nitrogens is 4. The second-order valence-corrected chi connectivity index (χ2v) is 14.6. The number of nitrogens with zero attached hydrogens (tertiary/aromatic N) is 8. The normalized spacial score (nSPS) is 10.2. The van der Waals surface area contributed by atoms with Crippen LogP contribution in [0, 0.1) is 30.6 Å². The van der Waals surface area contributed by atoms with Gasteiger partial charge in [-0.2, -0.15) is 0 Å². The van der Waals surface area contributed by atoms with E-state index in [0.717, 1.165) is 44.7 Å². The molecule has 8 aromatic rings. The van der Waals surface area contributed by atoms with E-state index >= 15 is 0 Å². The third-order valence-corrected chi connectivity index (χ3v) is 9.90. The molecule has 0 spiro atoms. The maximum Gasteiger partial charge on any atom is 2.00 e. The van der Waals surface area contributed by atoms with Crippen LogP contribution in [-0.2, 0) is 72.4 Å². The molecular formula is C48H49HgN8O15+. The molecule has 23 nitrogen and oxygen atoms in total. The summed E-state index contributed by atoms with van der Waals surface area (Å²) in [6.45, 7) is 3.42. The first kappa shape index (κ1) is 58.2. The Bertz CT molecular complexity index is 2750. The van der Waals surface area contributed by atoms with E-state index in [1.807, 2.05) is 84.9 Å². The van der Waals surface area contributed by atoms with E-state index in [9.17, 15) is 9.59 Å². The third kappa shape index (κ3) is 18.3. The molecule has 3 N–H and O–H groups in total. The molecule has 0 saturated heterocycles. The van der Waals surface area contributed by atoms with Crippen molar-refractivity contribution in [1.82, 2.24) is 29.7 Å². The summed E-state index contributed by atoms with van der Waals surface area (Å²) in [5.41, 5.74) is 5.49. The number of pyridine rings is 4. The largest absolute Gasteiger partial charge is 2.00 e. The molecule has 0 unspecified atom stereocenters. The van der Waals surface area contributed by atoms with Gasteiger partial charge in [0.05, 0.1) is 61.4 Å². The minimum Gasteiger partial charge on any atom is -0.493 e. The van der Waals surface area contributed by atoms with Gasteiger partial charge in [-0.3, -0.25) is 29.7 Å². The molecule has 0 aliphatic carbocycles. The van der Waals surface area contributed by atoms with Crippen LogP contribution in [0.25, 0.3) is 21.9 Å². The smallest absolute Gasteiger partial charge is 0.493 e. The number of hydrogen-bond donors (Lipinski definition) is 0. The summed E-state index contributed by atoms with van der Waals surface area (Å²) in [6, 6.07) is 33.4. The van der Waals surface area contributed by atoms with Crippen LogP contribution in [0.2, 0.25) is 0 Å². The molecule has 0 saturated carbocycles. The molecule has 0 fully saturated rings. The molecule has 6 heterocycles. The number of methoxy groups -OCH3 is 4. The monoisotopic (exact) mass is 1180 g/mol. The summed E-state index contributed by atoms with van der Waals surface area (Å²) in [6.07, 6.45) is 7.10. The van der Waals surface area contributed by atoms with Crippen LogP contribution in [0.1, 0.15) is 33.9 Å². The molecule has 8 rings (SSSR count). The van der Waals surface area contributed by atoms with E-state index in [1.54, 1.807) is 65.4 Å². The molecule has 0 atom stereocenters. The third-order valence-electron chi connectivity index (χ3n) is 9.90. The fourth-order valence-corrected chi connectivity index (χ4v) is 7.07. The molecule has 72 heavy (non-hydrogen) atoms. The van der Waals surface area contributed by atoms with Crippen LogP contribution in [0.5, 0.6) is 23.0 Å². The van der Waals surface area contributed by atoms with E-state index in [1.165, 1.54) is 12.1 Å². The molecular weight excluding hydrogens is 1130 g/mol. The molecule has 0 aliphatic rings. The van der Waals surface area contributed by atoms with Crippen LogP contribution in [0.15, 0.2) is 152 Å². The summed E-state index contributed by atoms with van der Waals surface area (Å²) in [5, 5.41) is 31.1. The number of fused-ring (bicyclic) bond motifs is 2. The first-order valence-corrected chi connectivity index (χ1v) is 20.8. The zero-order valence-corrected chi connectivity index (χ0v) is 45.0. The molecule has 24 heteroatoms. The van der Waals surface area contributed by atoms with Gasteiger partial charge in [-0.15, -0.1) is 0 Å². The fraction of sp³-hybridized carbons (Fsp3) is 0.208. The Labute approximate surface area is 430 Å². The van der Waals surface area contributed by atoms with Gasteiger partial charge >= 0.3 is 38.9 Å². The number of ether oxygens (including phenoxy) is 4. The molecule has 6 aromatic heterocycles. The quantitative estimate of drug-likeness (QED) is 0.0341. The fourth-order valence-electron chi connectivity index (χ4n) is 7.07. The second kappa shape index (κ2) is 29.8. The molecule has 0 bridgehead atoms. The van der Waals surface area contributed by atoms with Gasteiger partial charge in [0.25, 0.3) is 0 Å². The number of rotatable bonds is 16. The van der Waals surface area contributed by atoms with Gasteiger partial charge < -0.3 is 63.9 Å². The summed E-state index contributed by atoms with van der Waals surface area (Å²) < 4.78 is 32.4. The minimum absolute atomic E-state index is 0. The summed E-state index contributed by atoms with van der Waals surface area (Å²) >= 11 is 0. The van der Waals surface area contributed by atoms with Gasteiger partial charge in [-0.25, -0.2) is 9.59 Å². The van der Waals surface area contributed by atoms with Crippen LogP contribution in [-0.4, -0.2) is 68.3 Å². The average molecular weight is 1180 g/mol. The van der Waals surface area contributed by atoms with Crippen LogP contribution < -0.4 is 30.2 Å². The van der Waals surface area contributed by atoms with Gasteiger partial charge in [-0.05, 0) is 71.8 Å². The Morgan fingerprint density at radius 1 is 0.458 bits per heavy atom. The zero-order chi connectivity index (χ0) is 50.4. The van der Waals surface area contributed by atoms with Crippen LogP contribution >= 0.6 is 0 Å². The van der Waals surface area contributed by atoms with E-state index in [4.69, 9.17) is 58.4 Å². The van der Waals surface area contributed by atoms with Crippen molar-refractivity contribution in [2.45, 2.75) is 39.3 Å². The van der Waals surface area contributed by atoms with E-state index in [-0.39, 0.29) is 33.1 Å². The molecule has 2 aromatic carbocycles. The molecule has 0 radical (unpaired) electrons. The first-order chi connectivity index (χ1) is 33.8. The minimum atomic E-state index is -1.75. The Hall–Kier alpha value is -8.12. The Morgan fingerprint density at radius 2 is 0.722 bits per heavy atom. The molecule has 0 amide bonds. The van der Waals surface area contributed by atoms with Crippen molar-refractivity contribution >= 4 is 21.9 Å². The van der Waals surface area contributed by atoms with Gasteiger partial charge in [-0.1, -0.05) is 24.3 Å². The van der Waals surface area contributed by atoms with E-state index in [2.05, 4.69) is 29.7 Å². The van der Waals surface area contributed by atoms with Crippen molar-refractivity contribution in [1.29, 1.82) is 0 Å². The van der Waals surface area contributed by atoms with Crippen molar-refractivity contribution in [3.63, 3.8) is 0 Å². The summed E-state index contributed by atoms with van der Waals surface area (Å²) in [7, 11) is 6.26. The van der Waals surface area contributed by atoms with Gasteiger partial charge in [0.15, 0.2) is 23.0 Å². The zero-order valence-electron chi connectivity index (χ0n) is 39.5. The van der Waals surface area contributed by atoms with Crippen molar-refractivity contribution in [2.24, 2.45) is 0 Å². The predicted molar refractivity (Wildman–Crippen MR) is 260 cm³/mol. The first-order valence-electron chi connectivity index (χ1n) is 20.8. The Balaban J connectivity index is 0.000000323. The van der Waals surface area contributed by atoms with Crippen LogP contribution in [0.4, 0.5) is 0 Å². The summed E-state index contributed by atoms with van der Waals surface area (Å²) in [5.74, 6) is 2.17. The standard InChI is InChI=1S/2C24H23N3O4.Hg.2NO3.H2O/c2*1-29-22-12-20-17(11-24(28)31-21(20)13-23(22)30-2)14-27(15-18-7-3-5-9-25-18)16-19-8-4-6-10-26-19;;2*2-1(3)4;/h2*3-13H,14-16H2,1-2H3;;;;1H2/q;;+2;2*-1;/p+1. The number of benzene rings is 2. The average Bonchev–Trinajstić information content (AvgIpc) is 3.34. The van der Waals surface area contributed by atoms with Crippen molar-refractivity contribution in [3.8, 4) is 23.0 Å². The maximum absolute atomic E-state index is 12.3. The van der Waals surface area contributed by atoms with E-state index < -0.39 is 21.4 Å². The SMILES string of the molecule is COc1cc2oc(=O)cc(CN(Cc3ccccn3)Cc3ccccn3)c2cc1OC.COc1cc2oc(=O)cc(CN(Cc3ccccn3)Cc3ccccn3)c2cc1OC.O=[N+]([O-])[O-].O=[N+]([O-])[O-].[Hg+2].[OH3+]. The summed E-state index contributed by atoms with van der Waals surface area (Å²) in [4.78, 5) is 63.2. The van der Waals surface area contributed by atoms with Gasteiger partial charge in [0.2, 0.25) is 0 Å². The predicted octanol–water partition coefficient (Wildman–Crippen LogP) is 6.20. The maximum atomic E-state index is 12.3. The van der Waals surface area contributed by atoms with E-state index in [0.29, 0.717) is 73.4 Å². The number of hydrogen-bond acceptors (Lipinski definition) is 20. The van der Waals surface area contributed by atoms with Crippen LogP contribution in [0.3, 0.4) is 0 Å². The van der Waals surface area contributed by atoms with Crippen molar-refractivity contribution in [3.05, 3.63) is 219 Å². The van der Waals surface area contributed by atoms with Crippen molar-refractivity contribution < 1.29 is 71.1 Å². The topological polar surface area (TPSA) is 321 Å². The Kier molecular flexibility index (Phi) is 24.1. The van der Waals surface area contributed by atoms with Gasteiger partial charge in [0.1, 0.15) is 11.2 Å². The van der Waals surface area contributed by atoms with Crippen molar-refractivity contribution in [2.75, 3.05) is 28.4 Å². The second-order valence-electron chi connectivity index (χ2n) is 14.6. The Morgan fingerprint density at radius 3 is 0.958 bits per heavy atom.